The SMILES string of the molecule is O=C(O)CCCC=CC1CC2CCC1=C(NS(=O)(=O)CCc1cccc(F)c1)C2. The van der Waals surface area contributed by atoms with E-state index in [1.54, 1.807) is 12.1 Å². The zero-order chi connectivity index (χ0) is 20.9. The van der Waals surface area contributed by atoms with Gasteiger partial charge >= 0.3 is 5.97 Å². The molecule has 2 bridgehead atoms. The van der Waals surface area contributed by atoms with E-state index in [1.807, 2.05) is 6.08 Å². The van der Waals surface area contributed by atoms with Gasteiger partial charge in [-0.2, -0.15) is 0 Å². The van der Waals surface area contributed by atoms with E-state index in [2.05, 4.69) is 10.8 Å². The fraction of sp³-hybridized carbons (Fsp3) is 0.500. The van der Waals surface area contributed by atoms with Crippen molar-refractivity contribution in [3.8, 4) is 0 Å². The van der Waals surface area contributed by atoms with Gasteiger partial charge in [0.2, 0.25) is 10.0 Å². The molecule has 0 spiro atoms. The van der Waals surface area contributed by atoms with Gasteiger partial charge in [-0.1, -0.05) is 24.3 Å². The van der Waals surface area contributed by atoms with E-state index in [0.717, 1.165) is 43.4 Å². The molecule has 3 aliphatic carbocycles. The summed E-state index contributed by atoms with van der Waals surface area (Å²) < 4.78 is 41.3. The van der Waals surface area contributed by atoms with Crippen molar-refractivity contribution in [2.75, 3.05) is 5.75 Å². The van der Waals surface area contributed by atoms with Gasteiger partial charge in [-0.3, -0.25) is 9.52 Å². The Morgan fingerprint density at radius 2 is 2.17 bits per heavy atom. The summed E-state index contributed by atoms with van der Waals surface area (Å²) in [7, 11) is -3.50. The summed E-state index contributed by atoms with van der Waals surface area (Å²) in [6.45, 7) is 0. The molecule has 1 aromatic rings. The Balaban J connectivity index is 1.61. The fourth-order valence-electron chi connectivity index (χ4n) is 4.26. The average molecular weight is 422 g/mol. The van der Waals surface area contributed by atoms with Gasteiger partial charge in [0, 0.05) is 12.1 Å². The maximum atomic E-state index is 13.3. The largest absolute Gasteiger partial charge is 0.481 e. The molecule has 3 aliphatic rings. The molecule has 0 aliphatic heterocycles. The number of rotatable bonds is 10. The van der Waals surface area contributed by atoms with E-state index in [0.29, 0.717) is 17.9 Å². The molecule has 2 N–H and O–H groups in total. The van der Waals surface area contributed by atoms with E-state index in [9.17, 15) is 17.6 Å². The summed E-state index contributed by atoms with van der Waals surface area (Å²) in [5.74, 6) is -0.517. The van der Waals surface area contributed by atoms with Crippen LogP contribution in [0, 0.1) is 17.7 Å². The Morgan fingerprint density at radius 3 is 2.90 bits per heavy atom. The number of carboxylic acids is 1. The summed E-state index contributed by atoms with van der Waals surface area (Å²) in [6, 6.07) is 6.03. The number of carboxylic acid groups (broad SMARTS) is 1. The molecule has 0 saturated heterocycles. The van der Waals surface area contributed by atoms with Crippen LogP contribution in [0.2, 0.25) is 0 Å². The minimum atomic E-state index is -3.50. The normalized spacial score (nSPS) is 21.7. The fourth-order valence-corrected chi connectivity index (χ4v) is 5.46. The van der Waals surface area contributed by atoms with Gasteiger partial charge in [-0.05, 0) is 80.1 Å². The molecule has 1 aromatic carbocycles. The molecular formula is C22H28FNO4S. The molecule has 0 amide bonds. The lowest BCUT2D eigenvalue weighted by Gasteiger charge is -2.38. The molecular weight excluding hydrogens is 393 g/mol. The van der Waals surface area contributed by atoms with Crippen molar-refractivity contribution in [3.63, 3.8) is 0 Å². The van der Waals surface area contributed by atoms with Gasteiger partial charge in [0.15, 0.2) is 0 Å². The van der Waals surface area contributed by atoms with E-state index in [-0.39, 0.29) is 30.3 Å². The Hall–Kier alpha value is -2.15. The molecule has 4 rings (SSSR count). The Kier molecular flexibility index (Phi) is 7.11. The van der Waals surface area contributed by atoms with Crippen LogP contribution in [0.3, 0.4) is 0 Å². The molecule has 2 unspecified atom stereocenters. The number of aliphatic carboxylic acids is 1. The summed E-state index contributed by atoms with van der Waals surface area (Å²) >= 11 is 0. The standard InChI is InChI=1S/C22H28FNO4S/c23-19-7-4-5-16(14-19)11-12-29(27,28)24-21-15-17-9-10-20(21)18(13-17)6-2-1-3-8-22(25)26/h2,4-7,14,17-18,24H,1,3,8-13,15H2,(H,25,26). The Morgan fingerprint density at radius 1 is 1.34 bits per heavy atom. The van der Waals surface area contributed by atoms with Crippen molar-refractivity contribution in [3.05, 3.63) is 59.1 Å². The van der Waals surface area contributed by atoms with Crippen LogP contribution >= 0.6 is 0 Å². The van der Waals surface area contributed by atoms with Crippen molar-refractivity contribution in [1.82, 2.24) is 4.72 Å². The van der Waals surface area contributed by atoms with Crippen molar-refractivity contribution in [2.24, 2.45) is 11.8 Å². The highest BCUT2D eigenvalue weighted by molar-refractivity contribution is 7.89. The second kappa shape index (κ2) is 9.57. The molecule has 5 nitrogen and oxygen atoms in total. The lowest BCUT2D eigenvalue weighted by molar-refractivity contribution is -0.137. The van der Waals surface area contributed by atoms with Crippen molar-refractivity contribution < 1.29 is 22.7 Å². The summed E-state index contributed by atoms with van der Waals surface area (Å²) in [6.07, 6.45) is 9.68. The molecule has 158 valence electrons. The lowest BCUT2D eigenvalue weighted by Crippen LogP contribution is -2.35. The molecule has 2 atom stereocenters. The second-order valence-corrected chi connectivity index (χ2v) is 9.81. The minimum absolute atomic E-state index is 0.0758. The summed E-state index contributed by atoms with van der Waals surface area (Å²) in [4.78, 5) is 10.6. The zero-order valence-electron chi connectivity index (χ0n) is 16.4. The van der Waals surface area contributed by atoms with E-state index < -0.39 is 16.0 Å². The van der Waals surface area contributed by atoms with Gasteiger partial charge in [0.1, 0.15) is 5.82 Å². The van der Waals surface area contributed by atoms with Crippen LogP contribution in [0.1, 0.15) is 50.5 Å². The number of nitrogens with one attached hydrogen (secondary N) is 1. The first kappa shape index (κ1) is 21.6. The second-order valence-electron chi connectivity index (χ2n) is 7.97. The number of sulfonamides is 1. The third kappa shape index (κ3) is 6.42. The first-order chi connectivity index (χ1) is 13.8. The zero-order valence-corrected chi connectivity index (χ0v) is 17.3. The number of unbranched alkanes of at least 4 members (excludes halogenated alkanes) is 1. The van der Waals surface area contributed by atoms with Gasteiger partial charge in [-0.15, -0.1) is 0 Å². The number of aryl methyl sites for hydroxylation is 1. The smallest absolute Gasteiger partial charge is 0.303 e. The maximum Gasteiger partial charge on any atom is 0.303 e. The van der Waals surface area contributed by atoms with Gasteiger partial charge in [-0.25, -0.2) is 12.8 Å². The Bertz CT molecular complexity index is 907. The van der Waals surface area contributed by atoms with Gasteiger partial charge < -0.3 is 5.11 Å². The number of fused-ring (bicyclic) bond motifs is 3. The Labute approximate surface area is 171 Å². The van der Waals surface area contributed by atoms with Crippen molar-refractivity contribution >= 4 is 16.0 Å². The van der Waals surface area contributed by atoms with Gasteiger partial charge in [0.25, 0.3) is 0 Å². The molecule has 1 saturated carbocycles. The summed E-state index contributed by atoms with van der Waals surface area (Å²) in [5, 5.41) is 8.71. The minimum Gasteiger partial charge on any atom is -0.481 e. The monoisotopic (exact) mass is 421 g/mol. The summed E-state index contributed by atoms with van der Waals surface area (Å²) in [5.41, 5.74) is 2.66. The topological polar surface area (TPSA) is 83.5 Å². The van der Waals surface area contributed by atoms with Crippen molar-refractivity contribution in [2.45, 2.75) is 51.4 Å². The number of carbonyl (C=O) groups is 1. The molecule has 1 fully saturated rings. The predicted octanol–water partition coefficient (Wildman–Crippen LogP) is 4.17. The first-order valence-electron chi connectivity index (χ1n) is 10.2. The number of halogens is 1. The third-order valence-electron chi connectivity index (χ3n) is 5.69. The highest BCUT2D eigenvalue weighted by atomic mass is 32.2. The molecule has 29 heavy (non-hydrogen) atoms. The molecule has 0 radical (unpaired) electrons. The van der Waals surface area contributed by atoms with Crippen LogP contribution in [-0.2, 0) is 21.2 Å². The maximum absolute atomic E-state index is 13.3. The third-order valence-corrected chi connectivity index (χ3v) is 6.99. The van der Waals surface area contributed by atoms with Crippen LogP contribution in [0.5, 0.6) is 0 Å². The van der Waals surface area contributed by atoms with Crippen LogP contribution in [-0.4, -0.2) is 25.2 Å². The van der Waals surface area contributed by atoms with Crippen LogP contribution in [0.25, 0.3) is 0 Å². The molecule has 0 aromatic heterocycles. The van der Waals surface area contributed by atoms with E-state index >= 15 is 0 Å². The van der Waals surface area contributed by atoms with Crippen LogP contribution < -0.4 is 4.72 Å². The quantitative estimate of drug-likeness (QED) is 0.439. The predicted molar refractivity (Wildman–Crippen MR) is 110 cm³/mol. The van der Waals surface area contributed by atoms with E-state index in [4.69, 9.17) is 5.11 Å². The number of allylic oxidation sites excluding steroid dienone is 4. The number of hydrogen-bond donors (Lipinski definition) is 2. The molecule has 0 heterocycles. The van der Waals surface area contributed by atoms with Crippen LogP contribution in [0.4, 0.5) is 4.39 Å². The molecule has 7 heteroatoms. The highest BCUT2D eigenvalue weighted by Crippen LogP contribution is 2.44. The van der Waals surface area contributed by atoms with Crippen molar-refractivity contribution in [1.29, 1.82) is 0 Å². The highest BCUT2D eigenvalue weighted by Gasteiger charge is 2.34. The number of benzene rings is 1. The van der Waals surface area contributed by atoms with Crippen LogP contribution in [0.15, 0.2) is 47.7 Å². The van der Waals surface area contributed by atoms with E-state index in [1.165, 1.54) is 12.1 Å². The first-order valence-corrected chi connectivity index (χ1v) is 11.8. The number of hydrogen-bond acceptors (Lipinski definition) is 3. The van der Waals surface area contributed by atoms with Gasteiger partial charge in [0.05, 0.1) is 5.75 Å². The lowest BCUT2D eigenvalue weighted by atomic mass is 9.69. The average Bonchev–Trinajstić information content (AvgIpc) is 2.66.